The summed E-state index contributed by atoms with van der Waals surface area (Å²) < 4.78 is 5.76. The number of carbonyl (C=O) groups is 2. The molecule has 0 aromatic carbocycles. The highest BCUT2D eigenvalue weighted by Gasteiger charge is 2.70. The quantitative estimate of drug-likeness (QED) is 0.314. The van der Waals surface area contributed by atoms with Gasteiger partial charge in [0.1, 0.15) is 6.10 Å². The maximum atomic E-state index is 12.8. The minimum absolute atomic E-state index is 0.0354. The lowest BCUT2D eigenvalue weighted by Crippen LogP contribution is -2.67. The lowest BCUT2D eigenvalue weighted by molar-refractivity contribution is -0.237. The molecule has 2 N–H and O–H groups in total. The molecule has 0 spiro atoms. The maximum absolute atomic E-state index is 12.8. The van der Waals surface area contributed by atoms with E-state index in [1.54, 1.807) is 0 Å². The topological polar surface area (TPSA) is 83.8 Å². The number of carboxylic acid groups (broad SMARTS) is 1. The van der Waals surface area contributed by atoms with E-state index in [2.05, 4.69) is 54.5 Å². The van der Waals surface area contributed by atoms with Crippen LogP contribution in [0.2, 0.25) is 0 Å². The Labute approximate surface area is 223 Å². The molecule has 0 aromatic heterocycles. The van der Waals surface area contributed by atoms with Crippen LogP contribution < -0.4 is 0 Å². The van der Waals surface area contributed by atoms with Crippen molar-refractivity contribution in [3.05, 3.63) is 11.6 Å². The van der Waals surface area contributed by atoms with E-state index in [0.29, 0.717) is 18.3 Å². The number of rotatable bonds is 2. The summed E-state index contributed by atoms with van der Waals surface area (Å²) in [4.78, 5) is 24.8. The summed E-state index contributed by atoms with van der Waals surface area (Å²) in [5, 5.41) is 21.9. The zero-order chi connectivity index (χ0) is 27.4. The van der Waals surface area contributed by atoms with Crippen molar-refractivity contribution in [2.45, 2.75) is 125 Å². The number of allylic oxidation sites excluding steroid dienone is 2. The van der Waals surface area contributed by atoms with Gasteiger partial charge in [0.2, 0.25) is 0 Å². The van der Waals surface area contributed by atoms with Crippen molar-refractivity contribution in [3.8, 4) is 0 Å². The monoisotopic (exact) mass is 514 g/mol. The highest BCUT2D eigenvalue weighted by molar-refractivity contribution is 5.76. The number of carboxylic acids is 1. The van der Waals surface area contributed by atoms with E-state index in [9.17, 15) is 19.8 Å². The molecule has 0 amide bonds. The van der Waals surface area contributed by atoms with Gasteiger partial charge in [0.15, 0.2) is 0 Å². The normalized spacial score (nSPS) is 49.9. The smallest absolute Gasteiger partial charge is 0.310 e. The van der Waals surface area contributed by atoms with E-state index in [0.717, 1.165) is 51.4 Å². The summed E-state index contributed by atoms with van der Waals surface area (Å²) >= 11 is 0. The van der Waals surface area contributed by atoms with Crippen molar-refractivity contribution in [1.29, 1.82) is 0 Å². The van der Waals surface area contributed by atoms with E-state index < -0.39 is 23.6 Å². The first-order valence-electron chi connectivity index (χ1n) is 14.7. The van der Waals surface area contributed by atoms with Gasteiger partial charge >= 0.3 is 11.9 Å². The van der Waals surface area contributed by atoms with Gasteiger partial charge in [0.05, 0.1) is 11.5 Å². The Bertz CT molecular complexity index is 1030. The van der Waals surface area contributed by atoms with Crippen LogP contribution in [0.3, 0.4) is 0 Å². The highest BCUT2D eigenvalue weighted by Crippen LogP contribution is 2.75. The fraction of sp³-hybridized carbons (Fsp3) is 0.875. The summed E-state index contributed by atoms with van der Waals surface area (Å²) in [6.07, 6.45) is 9.50. The molecule has 0 radical (unpaired) electrons. The van der Waals surface area contributed by atoms with Crippen LogP contribution >= 0.6 is 0 Å². The Hall–Kier alpha value is -1.36. The van der Waals surface area contributed by atoms with Crippen LogP contribution in [0, 0.1) is 50.2 Å². The van der Waals surface area contributed by atoms with Gasteiger partial charge in [-0.2, -0.15) is 0 Å². The molecule has 0 aromatic rings. The molecule has 0 bridgehead atoms. The molecule has 5 heteroatoms. The van der Waals surface area contributed by atoms with Crippen LogP contribution in [0.25, 0.3) is 0 Å². The molecule has 5 rings (SSSR count). The Morgan fingerprint density at radius 3 is 2.19 bits per heavy atom. The first-order chi connectivity index (χ1) is 16.9. The van der Waals surface area contributed by atoms with Crippen LogP contribution in [0.15, 0.2) is 11.6 Å². The van der Waals surface area contributed by atoms with Gasteiger partial charge < -0.3 is 14.9 Å². The van der Waals surface area contributed by atoms with Crippen molar-refractivity contribution >= 4 is 11.9 Å². The predicted octanol–water partition coefficient (Wildman–Crippen LogP) is 6.78. The Morgan fingerprint density at radius 1 is 0.919 bits per heavy atom. The van der Waals surface area contributed by atoms with Crippen molar-refractivity contribution in [1.82, 2.24) is 0 Å². The molecule has 4 saturated carbocycles. The van der Waals surface area contributed by atoms with Gasteiger partial charge in [-0.1, -0.05) is 60.1 Å². The predicted molar refractivity (Wildman–Crippen MR) is 144 cm³/mol. The third-order valence-corrected chi connectivity index (χ3v) is 13.3. The van der Waals surface area contributed by atoms with Crippen LogP contribution in [0.5, 0.6) is 0 Å². The minimum Gasteiger partial charge on any atom is -0.481 e. The molecule has 9 atom stereocenters. The molecule has 5 aliphatic carbocycles. The molecule has 4 fully saturated rings. The van der Waals surface area contributed by atoms with Crippen LogP contribution in [0.4, 0.5) is 0 Å². The molecule has 0 unspecified atom stereocenters. The summed E-state index contributed by atoms with van der Waals surface area (Å²) in [6.45, 7) is 17.7. The second-order valence-corrected chi connectivity index (χ2v) is 15.8. The summed E-state index contributed by atoms with van der Waals surface area (Å²) in [6, 6.07) is 0. The van der Waals surface area contributed by atoms with Gasteiger partial charge in [-0.25, -0.2) is 0 Å². The largest absolute Gasteiger partial charge is 0.481 e. The van der Waals surface area contributed by atoms with E-state index >= 15 is 0 Å². The average molecular weight is 515 g/mol. The zero-order valence-electron chi connectivity index (χ0n) is 24.4. The van der Waals surface area contributed by atoms with Crippen LogP contribution in [-0.2, 0) is 14.3 Å². The number of esters is 1. The van der Waals surface area contributed by atoms with Gasteiger partial charge in [-0.15, -0.1) is 0 Å². The molecular formula is C32H50O5. The lowest BCUT2D eigenvalue weighted by atomic mass is 9.33. The van der Waals surface area contributed by atoms with Gasteiger partial charge in [-0.05, 0) is 103 Å². The molecule has 0 aliphatic heterocycles. The number of carbonyl (C=O) groups excluding carboxylic acids is 1. The fourth-order valence-electron chi connectivity index (χ4n) is 11.0. The van der Waals surface area contributed by atoms with E-state index in [-0.39, 0.29) is 39.0 Å². The first-order valence-corrected chi connectivity index (χ1v) is 14.7. The second kappa shape index (κ2) is 8.08. The van der Waals surface area contributed by atoms with Crippen molar-refractivity contribution in [2.75, 3.05) is 0 Å². The minimum atomic E-state index is -0.667. The summed E-state index contributed by atoms with van der Waals surface area (Å²) in [5.41, 5.74) is 0.534. The molecule has 0 saturated heterocycles. The Morgan fingerprint density at radius 2 is 1.57 bits per heavy atom. The number of aliphatic hydroxyl groups excluding tert-OH is 1. The number of aliphatic hydroxyl groups is 1. The number of hydrogen-bond acceptors (Lipinski definition) is 4. The van der Waals surface area contributed by atoms with Crippen LogP contribution in [0.1, 0.15) is 113 Å². The second-order valence-electron chi connectivity index (χ2n) is 15.8. The third kappa shape index (κ3) is 3.50. The van der Waals surface area contributed by atoms with Crippen LogP contribution in [-0.4, -0.2) is 34.4 Å². The summed E-state index contributed by atoms with van der Waals surface area (Å²) in [5.74, 6) is -0.0733. The highest BCUT2D eigenvalue weighted by atomic mass is 16.6. The molecular weight excluding hydrogens is 464 g/mol. The summed E-state index contributed by atoms with van der Waals surface area (Å²) in [7, 11) is 0. The fourth-order valence-corrected chi connectivity index (χ4v) is 11.0. The van der Waals surface area contributed by atoms with Gasteiger partial charge in [0, 0.05) is 6.92 Å². The SMILES string of the molecule is CC(=O)O[C@@H]1C[C@@]2(C)[C@H](CC[C@]3(C)[C@H]2CC=C2[C@H]4CC(C)(C)CC[C@]4(C(=O)O)CC[C@]23C)C(C)(C)[C@H]1O. The number of hydrogen-bond donors (Lipinski definition) is 2. The standard InChI is InChI=1S/C32H50O5/c1-19(33)37-22-18-29(6)23(28(4,5)25(22)34)11-12-31(8)24(29)10-9-20-21-17-27(2,3)13-15-32(21,26(35)36)16-14-30(20,31)7/h9,21-25,34H,10-18H2,1-8H3,(H,35,36)/t21-,22-,23-,24+,25+,29+,30-,31-,32+/m1/s1. The van der Waals surface area contributed by atoms with Gasteiger partial charge in [-0.3, -0.25) is 9.59 Å². The average Bonchev–Trinajstić information content (AvgIpc) is 2.77. The zero-order valence-corrected chi connectivity index (χ0v) is 24.4. The number of aliphatic carboxylic acids is 1. The van der Waals surface area contributed by atoms with Crippen molar-refractivity contribution in [3.63, 3.8) is 0 Å². The molecule has 5 nitrogen and oxygen atoms in total. The van der Waals surface area contributed by atoms with E-state index in [1.807, 2.05) is 0 Å². The number of fused-ring (bicyclic) bond motifs is 7. The van der Waals surface area contributed by atoms with Crippen molar-refractivity contribution < 1.29 is 24.5 Å². The van der Waals surface area contributed by atoms with Crippen molar-refractivity contribution in [2.24, 2.45) is 50.2 Å². The first kappa shape index (κ1) is 27.2. The van der Waals surface area contributed by atoms with E-state index in [1.165, 1.54) is 12.5 Å². The molecule has 37 heavy (non-hydrogen) atoms. The molecule has 0 heterocycles. The van der Waals surface area contributed by atoms with Gasteiger partial charge in [0.25, 0.3) is 0 Å². The third-order valence-electron chi connectivity index (χ3n) is 13.3. The maximum Gasteiger partial charge on any atom is 0.310 e. The molecule has 208 valence electrons. The molecule has 5 aliphatic rings. The Balaban J connectivity index is 1.59. The van der Waals surface area contributed by atoms with E-state index in [4.69, 9.17) is 4.74 Å². The lowest BCUT2D eigenvalue weighted by Gasteiger charge is -2.71. The number of ether oxygens (including phenoxy) is 1. The Kier molecular flexibility index (Phi) is 5.95.